The number of ether oxygens (including phenoxy) is 1. The molecule has 0 aliphatic carbocycles. The van der Waals surface area contributed by atoms with Crippen molar-refractivity contribution in [2.24, 2.45) is 0 Å². The van der Waals surface area contributed by atoms with Crippen LogP contribution in [0, 0.1) is 11.6 Å². The van der Waals surface area contributed by atoms with Crippen LogP contribution in [0.1, 0.15) is 17.5 Å². The van der Waals surface area contributed by atoms with Crippen LogP contribution in [-0.4, -0.2) is 58.0 Å². The monoisotopic (exact) mass is 609 g/mol. The Morgan fingerprint density at radius 1 is 1.07 bits per heavy atom. The van der Waals surface area contributed by atoms with Gasteiger partial charge >= 0.3 is 0 Å². The average Bonchev–Trinajstić information content (AvgIpc) is 2.88. The Hall–Kier alpha value is -2.64. The number of rotatable bonds is 13. The van der Waals surface area contributed by atoms with Crippen LogP contribution in [0.3, 0.4) is 0 Å². The number of anilines is 2. The van der Waals surface area contributed by atoms with E-state index in [9.17, 15) is 12.8 Å². The van der Waals surface area contributed by atoms with Gasteiger partial charge < -0.3 is 10.1 Å². The first-order chi connectivity index (χ1) is 19.0. The second-order valence-corrected chi connectivity index (χ2v) is 18.7. The van der Waals surface area contributed by atoms with Crippen molar-refractivity contribution in [1.29, 1.82) is 0 Å². The lowest BCUT2D eigenvalue weighted by Crippen LogP contribution is -2.36. The molecule has 2 heterocycles. The van der Waals surface area contributed by atoms with Gasteiger partial charge in [0.2, 0.25) is 5.82 Å². The highest BCUT2D eigenvalue weighted by Gasteiger charge is 2.31. The van der Waals surface area contributed by atoms with E-state index in [2.05, 4.69) is 40.1 Å². The molecule has 13 heteroatoms. The highest BCUT2D eigenvalue weighted by atomic mass is 35.5. The molecule has 3 aromatic rings. The lowest BCUT2D eigenvalue weighted by atomic mass is 10.0. The second-order valence-electron chi connectivity index (χ2n) is 10.9. The molecule has 0 radical (unpaired) electrons. The van der Waals surface area contributed by atoms with Gasteiger partial charge in [0.25, 0.3) is 10.0 Å². The fourth-order valence-electron chi connectivity index (χ4n) is 4.05. The molecule has 1 N–H and O–H groups in total. The number of nitrogens with zero attached hydrogens (tertiary/aromatic N) is 4. The van der Waals surface area contributed by atoms with Gasteiger partial charge in [-0.3, -0.25) is 4.90 Å². The zero-order valence-corrected chi connectivity index (χ0v) is 25.4. The molecule has 1 saturated heterocycles. The van der Waals surface area contributed by atoms with Gasteiger partial charge in [0.15, 0.2) is 11.6 Å². The van der Waals surface area contributed by atoms with Crippen LogP contribution in [-0.2, 0) is 27.8 Å². The van der Waals surface area contributed by atoms with E-state index in [-0.39, 0.29) is 17.3 Å². The first kappa shape index (κ1) is 30.3. The van der Waals surface area contributed by atoms with Gasteiger partial charge in [-0.1, -0.05) is 61.6 Å². The van der Waals surface area contributed by atoms with E-state index in [1.54, 1.807) is 24.3 Å². The predicted molar refractivity (Wildman–Crippen MR) is 156 cm³/mol. The first-order valence-electron chi connectivity index (χ1n) is 13.1. The lowest BCUT2D eigenvalue weighted by Gasteiger charge is -2.31. The van der Waals surface area contributed by atoms with Gasteiger partial charge in [-0.15, -0.1) is 10.2 Å². The first-order valence-corrected chi connectivity index (χ1v) is 18.6. The molecule has 1 aliphatic heterocycles. The summed E-state index contributed by atoms with van der Waals surface area (Å²) in [6, 6.07) is 13.3. The molecule has 0 amide bonds. The Balaban J connectivity index is 1.58. The van der Waals surface area contributed by atoms with Crippen molar-refractivity contribution in [2.75, 3.05) is 36.0 Å². The molecule has 8 nitrogen and oxygen atoms in total. The Morgan fingerprint density at radius 2 is 1.80 bits per heavy atom. The molecule has 0 spiro atoms. The summed E-state index contributed by atoms with van der Waals surface area (Å²) < 4.78 is 63.7. The van der Waals surface area contributed by atoms with Crippen molar-refractivity contribution in [3.05, 3.63) is 76.3 Å². The number of hydrogen-bond donors (Lipinski definition) is 1. The van der Waals surface area contributed by atoms with Gasteiger partial charge in [0, 0.05) is 33.3 Å². The second kappa shape index (κ2) is 12.9. The van der Waals surface area contributed by atoms with Crippen LogP contribution in [0.25, 0.3) is 0 Å². The molecule has 4 rings (SSSR count). The largest absolute Gasteiger partial charge is 0.363 e. The molecule has 0 saturated carbocycles. The van der Waals surface area contributed by atoms with Gasteiger partial charge in [-0.05, 0) is 49.3 Å². The number of likely N-dealkylation sites (tertiary alicyclic amines) is 1. The van der Waals surface area contributed by atoms with E-state index in [1.165, 1.54) is 18.2 Å². The molecule has 40 heavy (non-hydrogen) atoms. The van der Waals surface area contributed by atoms with Crippen molar-refractivity contribution in [3.63, 3.8) is 0 Å². The number of sulfonamides is 1. The number of nitrogens with one attached hydrogen (secondary N) is 1. The smallest absolute Gasteiger partial charge is 0.267 e. The quantitative estimate of drug-likeness (QED) is 0.150. The molecule has 0 unspecified atom stereocenters. The van der Waals surface area contributed by atoms with E-state index in [0.717, 1.165) is 35.4 Å². The number of halogens is 3. The molecule has 1 aliphatic rings. The minimum Gasteiger partial charge on any atom is -0.363 e. The summed E-state index contributed by atoms with van der Waals surface area (Å²) in [7, 11) is -5.71. The fraction of sp³-hybridized carbons (Fsp3) is 0.407. The van der Waals surface area contributed by atoms with E-state index in [0.29, 0.717) is 18.7 Å². The number of hydrogen-bond acceptors (Lipinski definition) is 7. The third kappa shape index (κ3) is 7.35. The Morgan fingerprint density at radius 3 is 2.45 bits per heavy atom. The Kier molecular flexibility index (Phi) is 9.78. The maximum atomic E-state index is 15.7. The summed E-state index contributed by atoms with van der Waals surface area (Å²) in [5, 5.41) is 10.3. The van der Waals surface area contributed by atoms with Crippen molar-refractivity contribution < 1.29 is 21.9 Å². The van der Waals surface area contributed by atoms with Crippen molar-refractivity contribution in [1.82, 2.24) is 15.1 Å². The maximum absolute atomic E-state index is 15.7. The topological polar surface area (TPSA) is 87.7 Å². The minimum atomic E-state index is -4.25. The van der Waals surface area contributed by atoms with Crippen molar-refractivity contribution in [2.45, 2.75) is 50.1 Å². The minimum absolute atomic E-state index is 0.00509. The summed E-state index contributed by atoms with van der Waals surface area (Å²) in [5.74, 6) is -2.20. The third-order valence-electron chi connectivity index (χ3n) is 6.61. The summed E-state index contributed by atoms with van der Waals surface area (Å²) >= 11 is 6.32. The lowest BCUT2D eigenvalue weighted by molar-refractivity contribution is 0.155. The van der Waals surface area contributed by atoms with Crippen LogP contribution in [0.15, 0.2) is 53.4 Å². The highest BCUT2D eigenvalue weighted by molar-refractivity contribution is 7.92. The summed E-state index contributed by atoms with van der Waals surface area (Å²) in [4.78, 5) is 2.14. The molecule has 2 aromatic carbocycles. The molecule has 0 bridgehead atoms. The van der Waals surface area contributed by atoms with Gasteiger partial charge in [0.05, 0.1) is 4.90 Å². The summed E-state index contributed by atoms with van der Waals surface area (Å²) in [5.41, 5.74) is 1.23. The molecule has 1 aromatic heterocycles. The Labute approximate surface area is 240 Å². The van der Waals surface area contributed by atoms with Crippen molar-refractivity contribution >= 4 is 41.3 Å². The number of benzene rings is 2. The van der Waals surface area contributed by atoms with Crippen LogP contribution in [0.2, 0.25) is 30.7 Å². The van der Waals surface area contributed by atoms with Crippen molar-refractivity contribution in [3.8, 4) is 0 Å². The van der Waals surface area contributed by atoms with Crippen LogP contribution < -0.4 is 9.62 Å². The fourth-order valence-corrected chi connectivity index (χ4v) is 6.31. The standard InChI is InChI=1S/C27H34ClF2N5O3SSi/c1-40(2,3)16-15-38-19-35(39(36,37)21-10-5-4-6-11-21)27-25(30)24(28)26(32-33-27)31-17-22-20(9-7-12-23(22)29)18-34-13-8-14-34/h4-7,9-12H,8,13-19H2,1-3H3,(H,31,32). The molecular weight excluding hydrogens is 576 g/mol. The normalized spacial score (nSPS) is 14.2. The van der Waals surface area contributed by atoms with E-state index >= 15 is 4.39 Å². The van der Waals surface area contributed by atoms with Gasteiger partial charge in [0.1, 0.15) is 17.6 Å². The zero-order valence-electron chi connectivity index (χ0n) is 22.8. The molecule has 0 atom stereocenters. The average molecular weight is 610 g/mol. The van der Waals surface area contributed by atoms with E-state index in [4.69, 9.17) is 16.3 Å². The Bertz CT molecular complexity index is 1420. The summed E-state index contributed by atoms with van der Waals surface area (Å²) in [6.07, 6.45) is 1.11. The molecular formula is C27H34ClF2N5O3SSi. The molecule has 216 valence electrons. The van der Waals surface area contributed by atoms with Gasteiger partial charge in [-0.25, -0.2) is 21.5 Å². The number of aromatic nitrogens is 2. The third-order valence-corrected chi connectivity index (χ3v) is 10.4. The SMILES string of the molecule is C[Si](C)(C)CCOCN(c1nnc(NCc2c(F)cccc2CN2CCC2)c(Cl)c1F)S(=O)(=O)c1ccccc1. The summed E-state index contributed by atoms with van der Waals surface area (Å²) in [6.45, 7) is 8.85. The maximum Gasteiger partial charge on any atom is 0.267 e. The van der Waals surface area contributed by atoms with Crippen LogP contribution in [0.4, 0.5) is 20.4 Å². The van der Waals surface area contributed by atoms with E-state index in [1.807, 2.05) is 6.07 Å². The zero-order chi connectivity index (χ0) is 28.9. The predicted octanol–water partition coefficient (Wildman–Crippen LogP) is 5.73. The van der Waals surface area contributed by atoms with Gasteiger partial charge in [-0.2, -0.15) is 0 Å². The van der Waals surface area contributed by atoms with E-state index < -0.39 is 47.3 Å². The van der Waals surface area contributed by atoms with Crippen LogP contribution >= 0.6 is 11.6 Å². The van der Waals surface area contributed by atoms with Crippen LogP contribution in [0.5, 0.6) is 0 Å². The molecule has 1 fully saturated rings. The highest BCUT2D eigenvalue weighted by Crippen LogP contribution is 2.32.